The number of amides is 1. The first-order valence-electron chi connectivity index (χ1n) is 12.7. The molecular formula is C28H40FN3O3. The summed E-state index contributed by atoms with van der Waals surface area (Å²) in [5.74, 6) is 0.311. The molecule has 1 amide bonds. The first-order valence-corrected chi connectivity index (χ1v) is 12.7. The zero-order valence-corrected chi connectivity index (χ0v) is 21.6. The summed E-state index contributed by atoms with van der Waals surface area (Å²) in [5.41, 5.74) is 1.78. The number of allylic oxidation sites excluding steroid dienone is 4. The van der Waals surface area contributed by atoms with E-state index in [-0.39, 0.29) is 11.7 Å². The van der Waals surface area contributed by atoms with Crippen molar-refractivity contribution in [2.24, 2.45) is 0 Å². The number of carbonyl (C=O) groups excluding carboxylic acids is 1. The molecule has 2 aliphatic rings. The van der Waals surface area contributed by atoms with Gasteiger partial charge < -0.3 is 24.2 Å². The van der Waals surface area contributed by atoms with E-state index in [0.717, 1.165) is 57.7 Å². The normalized spacial score (nSPS) is 17.9. The van der Waals surface area contributed by atoms with Gasteiger partial charge in [0.1, 0.15) is 11.6 Å². The molecular weight excluding hydrogens is 445 g/mol. The number of anilines is 2. The van der Waals surface area contributed by atoms with Crippen molar-refractivity contribution >= 4 is 17.3 Å². The van der Waals surface area contributed by atoms with Gasteiger partial charge in [-0.1, -0.05) is 19.4 Å². The van der Waals surface area contributed by atoms with Crippen LogP contribution in [0, 0.1) is 5.82 Å². The summed E-state index contributed by atoms with van der Waals surface area (Å²) in [4.78, 5) is 19.1. The fourth-order valence-corrected chi connectivity index (χ4v) is 4.45. The standard InChI is InChI=1S/C28H40FN3O3/c1-5-6-19-35-25-10-7-9-22(11-13-25)28(33)31(3)23-12-14-27(26(29)20-23)32-17-15-24(21-32)30(2)16-8-18-34-4/h7,10-14,20,24H,5-6,8-9,15-19,21H2,1-4H3. The molecule has 35 heavy (non-hydrogen) atoms. The van der Waals surface area contributed by atoms with Crippen LogP contribution < -0.4 is 9.80 Å². The molecule has 1 aliphatic carbocycles. The van der Waals surface area contributed by atoms with E-state index in [1.807, 2.05) is 24.3 Å². The molecule has 192 valence electrons. The van der Waals surface area contributed by atoms with Crippen LogP contribution in [0.3, 0.4) is 0 Å². The van der Waals surface area contributed by atoms with Gasteiger partial charge in [0, 0.05) is 57.7 Å². The molecule has 3 rings (SSSR count). The minimum atomic E-state index is -0.300. The van der Waals surface area contributed by atoms with Crippen LogP contribution in [0.25, 0.3) is 0 Å². The van der Waals surface area contributed by atoms with Crippen LogP contribution >= 0.6 is 0 Å². The molecule has 6 nitrogen and oxygen atoms in total. The van der Waals surface area contributed by atoms with Crippen LogP contribution in [0.15, 0.2) is 53.8 Å². The Labute approximate surface area is 209 Å². The fourth-order valence-electron chi connectivity index (χ4n) is 4.45. The lowest BCUT2D eigenvalue weighted by atomic mass is 10.1. The smallest absolute Gasteiger partial charge is 0.254 e. The third kappa shape index (κ3) is 7.42. The van der Waals surface area contributed by atoms with Gasteiger partial charge in [0.15, 0.2) is 0 Å². The van der Waals surface area contributed by atoms with E-state index >= 15 is 4.39 Å². The largest absolute Gasteiger partial charge is 0.494 e. The van der Waals surface area contributed by atoms with E-state index in [2.05, 4.69) is 23.8 Å². The minimum absolute atomic E-state index is 0.147. The predicted molar refractivity (Wildman–Crippen MR) is 140 cm³/mol. The van der Waals surface area contributed by atoms with Crippen LogP contribution in [0.5, 0.6) is 0 Å². The van der Waals surface area contributed by atoms with Crippen molar-refractivity contribution in [2.75, 3.05) is 63.9 Å². The van der Waals surface area contributed by atoms with Gasteiger partial charge in [-0.25, -0.2) is 4.39 Å². The summed E-state index contributed by atoms with van der Waals surface area (Å²) in [6, 6.07) is 5.48. The maximum absolute atomic E-state index is 15.1. The minimum Gasteiger partial charge on any atom is -0.494 e. The molecule has 7 heteroatoms. The van der Waals surface area contributed by atoms with E-state index in [0.29, 0.717) is 36.0 Å². The molecule has 0 bridgehead atoms. The SMILES string of the molecule is CCCCOC1=CC=C(C(=O)N(C)c2ccc(N3CCC(N(C)CCCOC)C3)c(F)c2)CC=C1. The highest BCUT2D eigenvalue weighted by Gasteiger charge is 2.27. The van der Waals surface area contributed by atoms with Crippen molar-refractivity contribution in [1.29, 1.82) is 0 Å². The Kier molecular flexibility index (Phi) is 10.4. The molecule has 1 aromatic carbocycles. The summed E-state index contributed by atoms with van der Waals surface area (Å²) in [5, 5.41) is 0. The molecule has 0 N–H and O–H groups in total. The number of ether oxygens (including phenoxy) is 2. The lowest BCUT2D eigenvalue weighted by Crippen LogP contribution is -2.35. The molecule has 0 spiro atoms. The molecule has 1 fully saturated rings. The summed E-state index contributed by atoms with van der Waals surface area (Å²) in [6.45, 7) is 6.11. The first-order chi connectivity index (χ1) is 16.9. The Morgan fingerprint density at radius 2 is 2.03 bits per heavy atom. The van der Waals surface area contributed by atoms with Gasteiger partial charge in [-0.15, -0.1) is 0 Å². The zero-order chi connectivity index (χ0) is 25.2. The van der Waals surface area contributed by atoms with Crippen LogP contribution in [0.1, 0.15) is 39.0 Å². The molecule has 1 heterocycles. The number of methoxy groups -OCH3 is 1. The Morgan fingerprint density at radius 3 is 2.77 bits per heavy atom. The number of likely N-dealkylation sites (N-methyl/N-ethyl adjacent to an activating group) is 2. The van der Waals surface area contributed by atoms with Crippen molar-refractivity contribution in [2.45, 2.75) is 45.1 Å². The number of carbonyl (C=O) groups is 1. The maximum Gasteiger partial charge on any atom is 0.254 e. The third-order valence-electron chi connectivity index (χ3n) is 6.72. The number of hydrogen-bond donors (Lipinski definition) is 0. The molecule has 1 unspecified atom stereocenters. The molecule has 0 radical (unpaired) electrons. The second-order valence-corrected chi connectivity index (χ2v) is 9.28. The summed E-state index contributed by atoms with van der Waals surface area (Å²) >= 11 is 0. The van der Waals surface area contributed by atoms with E-state index in [1.54, 1.807) is 26.3 Å². The number of hydrogen-bond acceptors (Lipinski definition) is 5. The lowest BCUT2D eigenvalue weighted by Gasteiger charge is -2.26. The third-order valence-corrected chi connectivity index (χ3v) is 6.72. The number of nitrogens with zero attached hydrogens (tertiary/aromatic N) is 3. The van der Waals surface area contributed by atoms with E-state index in [1.165, 1.54) is 11.0 Å². The number of rotatable bonds is 12. The topological polar surface area (TPSA) is 45.2 Å². The van der Waals surface area contributed by atoms with Gasteiger partial charge >= 0.3 is 0 Å². The number of benzene rings is 1. The lowest BCUT2D eigenvalue weighted by molar-refractivity contribution is -0.114. The average Bonchev–Trinajstić information content (AvgIpc) is 3.23. The molecule has 0 saturated carbocycles. The van der Waals surface area contributed by atoms with Crippen LogP contribution in [-0.4, -0.2) is 70.9 Å². The monoisotopic (exact) mass is 485 g/mol. The van der Waals surface area contributed by atoms with Crippen molar-refractivity contribution < 1.29 is 18.7 Å². The van der Waals surface area contributed by atoms with Gasteiger partial charge in [-0.05, 0) is 69.2 Å². The van der Waals surface area contributed by atoms with Crippen LogP contribution in [0.2, 0.25) is 0 Å². The van der Waals surface area contributed by atoms with Gasteiger partial charge in [-0.2, -0.15) is 0 Å². The zero-order valence-electron chi connectivity index (χ0n) is 21.6. The van der Waals surface area contributed by atoms with E-state index in [4.69, 9.17) is 9.47 Å². The second-order valence-electron chi connectivity index (χ2n) is 9.28. The van der Waals surface area contributed by atoms with Gasteiger partial charge in [0.25, 0.3) is 5.91 Å². The van der Waals surface area contributed by atoms with Crippen LogP contribution in [0.4, 0.5) is 15.8 Å². The average molecular weight is 486 g/mol. The summed E-state index contributed by atoms with van der Waals surface area (Å²) < 4.78 is 26.0. The summed E-state index contributed by atoms with van der Waals surface area (Å²) in [7, 11) is 5.53. The van der Waals surface area contributed by atoms with Crippen molar-refractivity contribution in [3.05, 3.63) is 59.7 Å². The van der Waals surface area contributed by atoms with E-state index < -0.39 is 0 Å². The maximum atomic E-state index is 15.1. The van der Waals surface area contributed by atoms with Crippen LogP contribution in [-0.2, 0) is 14.3 Å². The van der Waals surface area contributed by atoms with Gasteiger partial charge in [-0.3, -0.25) is 4.79 Å². The van der Waals surface area contributed by atoms with Crippen molar-refractivity contribution in [3.63, 3.8) is 0 Å². The highest BCUT2D eigenvalue weighted by atomic mass is 19.1. The van der Waals surface area contributed by atoms with E-state index in [9.17, 15) is 4.79 Å². The highest BCUT2D eigenvalue weighted by molar-refractivity contribution is 6.05. The summed E-state index contributed by atoms with van der Waals surface area (Å²) in [6.07, 6.45) is 12.0. The van der Waals surface area contributed by atoms with Gasteiger partial charge in [0.05, 0.1) is 12.3 Å². The Bertz CT molecular complexity index is 943. The predicted octanol–water partition coefficient (Wildman–Crippen LogP) is 4.92. The second kappa shape index (κ2) is 13.4. The first kappa shape index (κ1) is 27.0. The number of unbranched alkanes of at least 4 members (excludes halogenated alkanes) is 1. The Balaban J connectivity index is 1.62. The molecule has 0 aromatic heterocycles. The molecule has 1 atom stereocenters. The Morgan fingerprint density at radius 1 is 1.20 bits per heavy atom. The van der Waals surface area contributed by atoms with Crippen molar-refractivity contribution in [3.8, 4) is 0 Å². The fraction of sp³-hybridized carbons (Fsp3) is 0.536. The van der Waals surface area contributed by atoms with Gasteiger partial charge in [0.2, 0.25) is 0 Å². The quantitative estimate of drug-likeness (QED) is 0.393. The molecule has 1 aliphatic heterocycles. The highest BCUT2D eigenvalue weighted by Crippen LogP contribution is 2.29. The number of halogens is 1. The Hall–Kier alpha value is -2.64. The molecule has 1 aromatic rings. The van der Waals surface area contributed by atoms with Crippen molar-refractivity contribution in [1.82, 2.24) is 4.90 Å². The molecule has 1 saturated heterocycles.